The number of benzene rings is 1. The van der Waals surface area contributed by atoms with Crippen molar-refractivity contribution < 1.29 is 14.0 Å². The maximum atomic E-state index is 13.7. The lowest BCUT2D eigenvalue weighted by Crippen LogP contribution is -2.51. The van der Waals surface area contributed by atoms with Gasteiger partial charge in [0.2, 0.25) is 5.91 Å². The molecule has 1 aliphatic heterocycles. The van der Waals surface area contributed by atoms with Crippen molar-refractivity contribution in [1.82, 2.24) is 14.8 Å². The van der Waals surface area contributed by atoms with Crippen LogP contribution in [0, 0.1) is 5.82 Å². The van der Waals surface area contributed by atoms with Crippen LogP contribution in [0.15, 0.2) is 29.6 Å². The zero-order chi connectivity index (χ0) is 18.5. The first kappa shape index (κ1) is 21.3. The van der Waals surface area contributed by atoms with Gasteiger partial charge in [-0.3, -0.25) is 9.59 Å². The summed E-state index contributed by atoms with van der Waals surface area (Å²) in [6.07, 6.45) is 0.700. The predicted molar refractivity (Wildman–Crippen MR) is 105 cm³/mol. The molecule has 1 aromatic heterocycles. The van der Waals surface area contributed by atoms with Crippen LogP contribution in [0.3, 0.4) is 0 Å². The van der Waals surface area contributed by atoms with Gasteiger partial charge < -0.3 is 15.5 Å². The van der Waals surface area contributed by atoms with E-state index in [9.17, 15) is 14.0 Å². The number of hydrogen-bond acceptors (Lipinski definition) is 5. The van der Waals surface area contributed by atoms with Gasteiger partial charge in [-0.05, 0) is 18.2 Å². The van der Waals surface area contributed by atoms with Crippen LogP contribution in [-0.2, 0) is 17.6 Å². The Kier molecular flexibility index (Phi) is 7.70. The molecule has 2 heterocycles. The van der Waals surface area contributed by atoms with Crippen molar-refractivity contribution in [2.75, 3.05) is 32.7 Å². The number of carbonyl (C=O) groups is 2. The van der Waals surface area contributed by atoms with Gasteiger partial charge >= 0.3 is 0 Å². The Morgan fingerprint density at radius 1 is 1.15 bits per heavy atom. The highest BCUT2D eigenvalue weighted by Crippen LogP contribution is 2.15. The van der Waals surface area contributed by atoms with E-state index in [4.69, 9.17) is 5.73 Å². The Morgan fingerprint density at radius 2 is 1.81 bits per heavy atom. The highest BCUT2D eigenvalue weighted by molar-refractivity contribution is 7.09. The van der Waals surface area contributed by atoms with E-state index in [1.54, 1.807) is 33.4 Å². The molecular weight excluding hydrogens is 391 g/mol. The van der Waals surface area contributed by atoms with E-state index in [0.717, 1.165) is 5.01 Å². The summed E-state index contributed by atoms with van der Waals surface area (Å²) in [6.45, 7) is 2.29. The number of rotatable bonds is 5. The van der Waals surface area contributed by atoms with Gasteiger partial charge in [-0.1, -0.05) is 18.2 Å². The van der Waals surface area contributed by atoms with Crippen LogP contribution in [0.5, 0.6) is 0 Å². The zero-order valence-electron chi connectivity index (χ0n) is 14.8. The SMILES string of the molecule is Cl.NCCc1nc(C(=O)N2CCN(C(=O)Cc3ccccc3F)CC2)cs1. The maximum Gasteiger partial charge on any atom is 0.273 e. The lowest BCUT2D eigenvalue weighted by Gasteiger charge is -2.34. The number of hydrogen-bond donors (Lipinski definition) is 1. The van der Waals surface area contributed by atoms with Crippen LogP contribution in [0.4, 0.5) is 4.39 Å². The van der Waals surface area contributed by atoms with Crippen LogP contribution < -0.4 is 5.73 Å². The van der Waals surface area contributed by atoms with E-state index in [1.807, 2.05) is 0 Å². The van der Waals surface area contributed by atoms with Gasteiger partial charge in [0, 0.05) is 38.0 Å². The molecule has 1 aliphatic rings. The third kappa shape index (κ3) is 5.24. The Bertz CT molecular complexity index is 793. The second-order valence-corrected chi connectivity index (χ2v) is 7.05. The van der Waals surface area contributed by atoms with Gasteiger partial charge in [0.15, 0.2) is 0 Å². The largest absolute Gasteiger partial charge is 0.339 e. The van der Waals surface area contributed by atoms with Gasteiger partial charge in [0.1, 0.15) is 11.5 Å². The lowest BCUT2D eigenvalue weighted by molar-refractivity contribution is -0.132. The van der Waals surface area contributed by atoms with E-state index in [2.05, 4.69) is 4.98 Å². The second kappa shape index (κ2) is 9.77. The fourth-order valence-electron chi connectivity index (χ4n) is 2.88. The van der Waals surface area contributed by atoms with Gasteiger partial charge in [-0.25, -0.2) is 9.37 Å². The number of nitrogens with zero attached hydrogens (tertiary/aromatic N) is 3. The highest BCUT2D eigenvalue weighted by atomic mass is 35.5. The molecule has 6 nitrogen and oxygen atoms in total. The summed E-state index contributed by atoms with van der Waals surface area (Å²) in [6, 6.07) is 6.29. The summed E-state index contributed by atoms with van der Waals surface area (Å²) in [5, 5.41) is 2.61. The molecule has 1 aromatic carbocycles. The average molecular weight is 413 g/mol. The molecule has 0 bridgehead atoms. The van der Waals surface area contributed by atoms with E-state index in [-0.39, 0.29) is 36.5 Å². The Balaban J connectivity index is 0.00000261. The number of nitrogens with two attached hydrogens (primary N) is 1. The summed E-state index contributed by atoms with van der Waals surface area (Å²) in [4.78, 5) is 32.6. The van der Waals surface area contributed by atoms with Gasteiger partial charge in [-0.15, -0.1) is 23.7 Å². The monoisotopic (exact) mass is 412 g/mol. The third-order valence-corrected chi connectivity index (χ3v) is 5.26. The van der Waals surface area contributed by atoms with Crippen LogP contribution in [-0.4, -0.2) is 59.3 Å². The molecule has 0 saturated carbocycles. The first-order valence-electron chi connectivity index (χ1n) is 8.53. The summed E-state index contributed by atoms with van der Waals surface area (Å²) in [5.74, 6) is -0.613. The van der Waals surface area contributed by atoms with Crippen LogP contribution in [0.25, 0.3) is 0 Å². The van der Waals surface area contributed by atoms with Crippen molar-refractivity contribution in [3.8, 4) is 0 Å². The molecule has 2 N–H and O–H groups in total. The molecule has 1 fully saturated rings. The van der Waals surface area contributed by atoms with Gasteiger partial charge in [0.05, 0.1) is 11.4 Å². The first-order chi connectivity index (χ1) is 12.6. The van der Waals surface area contributed by atoms with Crippen molar-refractivity contribution in [3.63, 3.8) is 0 Å². The quantitative estimate of drug-likeness (QED) is 0.811. The minimum absolute atomic E-state index is 0. The van der Waals surface area contributed by atoms with Crippen LogP contribution in [0.1, 0.15) is 21.1 Å². The van der Waals surface area contributed by atoms with E-state index < -0.39 is 0 Å². The highest BCUT2D eigenvalue weighted by Gasteiger charge is 2.26. The molecule has 0 atom stereocenters. The van der Waals surface area contributed by atoms with Crippen LogP contribution in [0.2, 0.25) is 0 Å². The molecule has 3 rings (SSSR count). The number of thiazole rings is 1. The average Bonchev–Trinajstić information content (AvgIpc) is 3.12. The normalized spacial score (nSPS) is 14.0. The number of aromatic nitrogens is 1. The predicted octanol–water partition coefficient (Wildman–Crippen LogP) is 1.73. The zero-order valence-corrected chi connectivity index (χ0v) is 16.4. The topological polar surface area (TPSA) is 79.5 Å². The third-order valence-electron chi connectivity index (χ3n) is 4.35. The summed E-state index contributed by atoms with van der Waals surface area (Å²) < 4.78 is 13.7. The Labute approximate surface area is 167 Å². The summed E-state index contributed by atoms with van der Waals surface area (Å²) in [7, 11) is 0. The molecule has 0 unspecified atom stereocenters. The van der Waals surface area contributed by atoms with Crippen molar-refractivity contribution in [2.24, 2.45) is 5.73 Å². The first-order valence-corrected chi connectivity index (χ1v) is 9.41. The van der Waals surface area contributed by atoms with E-state index in [1.165, 1.54) is 17.4 Å². The molecule has 9 heteroatoms. The Morgan fingerprint density at radius 3 is 2.48 bits per heavy atom. The molecule has 1 saturated heterocycles. The van der Waals surface area contributed by atoms with E-state index >= 15 is 0 Å². The molecule has 0 spiro atoms. The fourth-order valence-corrected chi connectivity index (χ4v) is 3.67. The second-order valence-electron chi connectivity index (χ2n) is 6.11. The molecule has 0 aliphatic carbocycles. The number of carbonyl (C=O) groups excluding carboxylic acids is 2. The summed E-state index contributed by atoms with van der Waals surface area (Å²) >= 11 is 1.44. The van der Waals surface area contributed by atoms with Crippen molar-refractivity contribution in [3.05, 3.63) is 51.7 Å². The van der Waals surface area contributed by atoms with Crippen molar-refractivity contribution >= 4 is 35.6 Å². The maximum absolute atomic E-state index is 13.7. The number of piperazine rings is 1. The minimum atomic E-state index is -0.369. The molecule has 27 heavy (non-hydrogen) atoms. The van der Waals surface area contributed by atoms with Gasteiger partial charge in [-0.2, -0.15) is 0 Å². The number of halogens is 2. The molecule has 2 aromatic rings. The lowest BCUT2D eigenvalue weighted by atomic mass is 10.1. The smallest absolute Gasteiger partial charge is 0.273 e. The molecular formula is C18H22ClFN4O2S. The fraction of sp³-hybridized carbons (Fsp3) is 0.389. The molecule has 2 amide bonds. The Hall–Kier alpha value is -2.03. The summed E-state index contributed by atoms with van der Waals surface area (Å²) in [5.41, 5.74) is 6.34. The minimum Gasteiger partial charge on any atom is -0.339 e. The van der Waals surface area contributed by atoms with Crippen molar-refractivity contribution in [2.45, 2.75) is 12.8 Å². The van der Waals surface area contributed by atoms with Gasteiger partial charge in [0.25, 0.3) is 5.91 Å². The van der Waals surface area contributed by atoms with Crippen LogP contribution >= 0.6 is 23.7 Å². The standard InChI is InChI=1S/C18H21FN4O2S.ClH/c19-14-4-2-1-3-13(14)11-17(24)22-7-9-23(10-8-22)18(25)15-12-26-16(21-15)5-6-20;/h1-4,12H,5-11,20H2;1H. The number of amides is 2. The van der Waals surface area contributed by atoms with E-state index in [0.29, 0.717) is 50.4 Å². The van der Waals surface area contributed by atoms with Crippen molar-refractivity contribution in [1.29, 1.82) is 0 Å². The molecule has 146 valence electrons. The molecule has 0 radical (unpaired) electrons.